The molecule has 0 radical (unpaired) electrons. The molecule has 0 saturated heterocycles. The average molecular weight is 307 g/mol. The highest BCUT2D eigenvalue weighted by molar-refractivity contribution is 5.73. The summed E-state index contributed by atoms with van der Waals surface area (Å²) in [5.41, 5.74) is 10.2. The molecule has 0 saturated carbocycles. The van der Waals surface area contributed by atoms with Gasteiger partial charge in [0.25, 0.3) is 5.56 Å². The van der Waals surface area contributed by atoms with E-state index >= 15 is 0 Å². The van der Waals surface area contributed by atoms with Crippen LogP contribution in [0.5, 0.6) is 5.75 Å². The molecule has 1 heterocycles. The summed E-state index contributed by atoms with van der Waals surface area (Å²) in [5.74, 6) is 0.786. The van der Waals surface area contributed by atoms with E-state index in [0.29, 0.717) is 12.1 Å². The van der Waals surface area contributed by atoms with Crippen LogP contribution in [0.3, 0.4) is 0 Å². The maximum absolute atomic E-state index is 11.1. The molecule has 2 aromatic carbocycles. The summed E-state index contributed by atoms with van der Waals surface area (Å²) in [7, 11) is 1.65. The Morgan fingerprint density at radius 1 is 1.13 bits per heavy atom. The number of aromatic amines is 1. The van der Waals surface area contributed by atoms with E-state index in [2.05, 4.69) is 16.3 Å². The fraction of sp³-hybridized carbons (Fsp3) is 0.111. The van der Waals surface area contributed by atoms with Gasteiger partial charge in [0, 0.05) is 23.7 Å². The van der Waals surface area contributed by atoms with Gasteiger partial charge in [0.1, 0.15) is 5.75 Å². The van der Waals surface area contributed by atoms with Crippen LogP contribution in [0.4, 0.5) is 5.69 Å². The number of ether oxygens (including phenoxy) is 1. The van der Waals surface area contributed by atoms with E-state index in [0.717, 1.165) is 28.1 Å². The van der Waals surface area contributed by atoms with Crippen LogP contribution >= 0.6 is 0 Å². The van der Waals surface area contributed by atoms with E-state index in [1.54, 1.807) is 13.2 Å². The van der Waals surface area contributed by atoms with E-state index in [1.165, 1.54) is 6.07 Å². The summed E-state index contributed by atoms with van der Waals surface area (Å²) < 4.78 is 5.46. The van der Waals surface area contributed by atoms with Gasteiger partial charge >= 0.3 is 0 Å². The van der Waals surface area contributed by atoms with Gasteiger partial charge in [-0.05, 0) is 41.5 Å². The van der Waals surface area contributed by atoms with Crippen molar-refractivity contribution in [3.05, 3.63) is 76.2 Å². The van der Waals surface area contributed by atoms with Crippen molar-refractivity contribution in [1.29, 1.82) is 0 Å². The van der Waals surface area contributed by atoms with Crippen LogP contribution in [0.1, 0.15) is 11.3 Å². The molecule has 0 bridgehead atoms. The van der Waals surface area contributed by atoms with Gasteiger partial charge in [0.2, 0.25) is 0 Å². The van der Waals surface area contributed by atoms with Crippen molar-refractivity contribution >= 4 is 5.69 Å². The normalized spacial score (nSPS) is 10.5. The number of nitrogens with zero attached hydrogens (tertiary/aromatic N) is 1. The molecule has 3 aromatic rings. The molecular formula is C18H17N3O2. The smallest absolute Gasteiger partial charge is 0.264 e. The van der Waals surface area contributed by atoms with Gasteiger partial charge in [-0.15, -0.1) is 0 Å². The number of nitrogens with one attached hydrogen (secondary N) is 1. The van der Waals surface area contributed by atoms with Gasteiger partial charge in [-0.2, -0.15) is 5.10 Å². The van der Waals surface area contributed by atoms with Crippen LogP contribution in [0.2, 0.25) is 0 Å². The summed E-state index contributed by atoms with van der Waals surface area (Å²) in [6.45, 7) is 0. The Morgan fingerprint density at radius 2 is 2.00 bits per heavy atom. The monoisotopic (exact) mass is 307 g/mol. The number of rotatable bonds is 4. The van der Waals surface area contributed by atoms with E-state index in [9.17, 15) is 4.79 Å². The standard InChI is InChI=1S/C18H17N3O2/c1-23-17-7-5-12(9-15-6-8-18(22)21-20-15)10-16(17)13-3-2-4-14(19)11-13/h2-8,10-11H,9,19H2,1H3,(H,21,22). The molecule has 0 atom stereocenters. The van der Waals surface area contributed by atoms with Gasteiger partial charge in [0.05, 0.1) is 12.8 Å². The Morgan fingerprint density at radius 3 is 2.70 bits per heavy atom. The lowest BCUT2D eigenvalue weighted by atomic mass is 9.99. The highest BCUT2D eigenvalue weighted by Crippen LogP contribution is 2.32. The molecule has 0 fully saturated rings. The molecule has 0 aliphatic rings. The molecular weight excluding hydrogens is 290 g/mol. The van der Waals surface area contributed by atoms with Gasteiger partial charge < -0.3 is 10.5 Å². The number of methoxy groups -OCH3 is 1. The maximum Gasteiger partial charge on any atom is 0.264 e. The Balaban J connectivity index is 1.98. The number of nitrogen functional groups attached to an aromatic ring is 1. The Bertz CT molecular complexity index is 867. The summed E-state index contributed by atoms with van der Waals surface area (Å²) in [6.07, 6.45) is 0.621. The molecule has 5 nitrogen and oxygen atoms in total. The highest BCUT2D eigenvalue weighted by Gasteiger charge is 2.08. The Hall–Kier alpha value is -3.08. The minimum Gasteiger partial charge on any atom is -0.496 e. The number of anilines is 1. The molecule has 3 rings (SSSR count). The minimum atomic E-state index is -0.205. The first-order chi connectivity index (χ1) is 11.2. The molecule has 0 spiro atoms. The molecule has 0 amide bonds. The summed E-state index contributed by atoms with van der Waals surface area (Å²) in [5, 5.41) is 6.49. The van der Waals surface area contributed by atoms with Crippen LogP contribution in [0, 0.1) is 0 Å². The van der Waals surface area contributed by atoms with Crippen molar-refractivity contribution < 1.29 is 4.74 Å². The van der Waals surface area contributed by atoms with Gasteiger partial charge in [-0.25, -0.2) is 5.10 Å². The van der Waals surface area contributed by atoms with Gasteiger partial charge in [-0.1, -0.05) is 18.2 Å². The zero-order chi connectivity index (χ0) is 16.2. The second-order valence-corrected chi connectivity index (χ2v) is 5.25. The van der Waals surface area contributed by atoms with E-state index < -0.39 is 0 Å². The number of hydrogen-bond acceptors (Lipinski definition) is 4. The summed E-state index contributed by atoms with van der Waals surface area (Å²) in [6, 6.07) is 16.9. The second kappa shape index (κ2) is 6.36. The quantitative estimate of drug-likeness (QED) is 0.726. The number of hydrogen-bond donors (Lipinski definition) is 2. The SMILES string of the molecule is COc1ccc(Cc2ccc(=O)[nH]n2)cc1-c1cccc(N)c1. The molecule has 0 aliphatic carbocycles. The first kappa shape index (κ1) is 14.8. The number of nitrogens with two attached hydrogens (primary N) is 1. The third-order valence-corrected chi connectivity index (χ3v) is 3.58. The molecule has 1 aromatic heterocycles. The fourth-order valence-electron chi connectivity index (χ4n) is 2.48. The number of H-pyrrole nitrogens is 1. The highest BCUT2D eigenvalue weighted by atomic mass is 16.5. The van der Waals surface area contributed by atoms with Crippen molar-refractivity contribution in [2.75, 3.05) is 12.8 Å². The van der Waals surface area contributed by atoms with E-state index in [4.69, 9.17) is 10.5 Å². The molecule has 0 aliphatic heterocycles. The number of benzene rings is 2. The topological polar surface area (TPSA) is 81.0 Å². The Kier molecular flexibility index (Phi) is 4.10. The summed E-state index contributed by atoms with van der Waals surface area (Å²) >= 11 is 0. The van der Waals surface area contributed by atoms with E-state index in [1.807, 2.05) is 36.4 Å². The lowest BCUT2D eigenvalue weighted by molar-refractivity contribution is 0.416. The van der Waals surface area contributed by atoms with Crippen molar-refractivity contribution in [3.8, 4) is 16.9 Å². The Labute approximate surface area is 133 Å². The first-order valence-corrected chi connectivity index (χ1v) is 7.23. The van der Waals surface area contributed by atoms with Crippen LogP contribution in [0.15, 0.2) is 59.4 Å². The largest absolute Gasteiger partial charge is 0.496 e. The van der Waals surface area contributed by atoms with Crippen LogP contribution < -0.4 is 16.0 Å². The zero-order valence-corrected chi connectivity index (χ0v) is 12.7. The van der Waals surface area contributed by atoms with E-state index in [-0.39, 0.29) is 5.56 Å². The maximum atomic E-state index is 11.1. The predicted molar refractivity (Wildman–Crippen MR) is 90.5 cm³/mol. The molecule has 5 heteroatoms. The molecule has 116 valence electrons. The van der Waals surface area contributed by atoms with Gasteiger partial charge in [0.15, 0.2) is 0 Å². The van der Waals surface area contributed by atoms with Crippen molar-refractivity contribution in [2.45, 2.75) is 6.42 Å². The lowest BCUT2D eigenvalue weighted by Gasteiger charge is -2.11. The molecule has 23 heavy (non-hydrogen) atoms. The third kappa shape index (κ3) is 3.40. The van der Waals surface area contributed by atoms with Crippen molar-refractivity contribution in [3.63, 3.8) is 0 Å². The average Bonchev–Trinajstić information content (AvgIpc) is 2.57. The molecule has 3 N–H and O–H groups in total. The first-order valence-electron chi connectivity index (χ1n) is 7.23. The summed E-state index contributed by atoms with van der Waals surface area (Å²) in [4.78, 5) is 11.1. The number of aromatic nitrogens is 2. The lowest BCUT2D eigenvalue weighted by Crippen LogP contribution is -2.07. The fourth-order valence-corrected chi connectivity index (χ4v) is 2.48. The zero-order valence-electron chi connectivity index (χ0n) is 12.7. The van der Waals surface area contributed by atoms with Crippen molar-refractivity contribution in [1.82, 2.24) is 10.2 Å². The van der Waals surface area contributed by atoms with Crippen LogP contribution in [-0.2, 0) is 6.42 Å². The van der Waals surface area contributed by atoms with Crippen LogP contribution in [-0.4, -0.2) is 17.3 Å². The van der Waals surface area contributed by atoms with Crippen LogP contribution in [0.25, 0.3) is 11.1 Å². The van der Waals surface area contributed by atoms with Gasteiger partial charge in [-0.3, -0.25) is 4.79 Å². The molecule has 0 unspecified atom stereocenters. The minimum absolute atomic E-state index is 0.205. The second-order valence-electron chi connectivity index (χ2n) is 5.25. The third-order valence-electron chi connectivity index (χ3n) is 3.58. The predicted octanol–water partition coefficient (Wildman–Crippen LogP) is 2.62. The van der Waals surface area contributed by atoms with Crippen molar-refractivity contribution in [2.24, 2.45) is 0 Å².